The number of benzene rings is 2. The number of anilines is 2. The summed E-state index contributed by atoms with van der Waals surface area (Å²) in [6.45, 7) is 2.27. The Kier molecular flexibility index (Phi) is 6.77. The lowest BCUT2D eigenvalue weighted by molar-refractivity contribution is 0.197. The Labute approximate surface area is 161 Å². The van der Waals surface area contributed by atoms with Crippen molar-refractivity contribution in [1.82, 2.24) is 9.97 Å². The predicted molar refractivity (Wildman–Crippen MR) is 111 cm³/mol. The second-order valence-electron chi connectivity index (χ2n) is 6.42. The molecule has 0 amide bonds. The summed E-state index contributed by atoms with van der Waals surface area (Å²) < 4.78 is 5.11. The quantitative estimate of drug-likeness (QED) is 0.577. The zero-order valence-electron chi connectivity index (χ0n) is 15.9. The van der Waals surface area contributed by atoms with E-state index in [1.165, 1.54) is 5.56 Å². The van der Waals surface area contributed by atoms with Crippen LogP contribution in [0.15, 0.2) is 66.7 Å². The van der Waals surface area contributed by atoms with Gasteiger partial charge in [0.05, 0.1) is 5.69 Å². The first-order valence-electron chi connectivity index (χ1n) is 9.18. The van der Waals surface area contributed by atoms with Gasteiger partial charge in [-0.3, -0.25) is 0 Å². The maximum Gasteiger partial charge on any atom is 0.225 e. The third-order valence-electron chi connectivity index (χ3n) is 4.24. The highest BCUT2D eigenvalue weighted by Gasteiger charge is 2.10. The predicted octanol–water partition coefficient (Wildman–Crippen LogP) is 4.23. The minimum atomic E-state index is 0.641. The van der Waals surface area contributed by atoms with Gasteiger partial charge in [0.2, 0.25) is 5.95 Å². The highest BCUT2D eigenvalue weighted by molar-refractivity contribution is 5.64. The number of hydrogen-bond donors (Lipinski definition) is 1. The van der Waals surface area contributed by atoms with E-state index in [4.69, 9.17) is 14.7 Å². The number of methoxy groups -OCH3 is 1. The number of nitrogens with zero attached hydrogens (tertiary/aromatic N) is 3. The Balaban J connectivity index is 1.84. The average molecular weight is 362 g/mol. The summed E-state index contributed by atoms with van der Waals surface area (Å²) in [6.07, 6.45) is 0.907. The molecule has 0 aliphatic rings. The molecule has 0 spiro atoms. The average Bonchev–Trinajstić information content (AvgIpc) is 2.72. The smallest absolute Gasteiger partial charge is 0.225 e. The first-order chi connectivity index (χ1) is 13.3. The SMILES string of the molecule is COCCCNc1nc(-c2ccccc2)cc(N(C)Cc2ccccc2)n1. The van der Waals surface area contributed by atoms with Gasteiger partial charge in [-0.05, 0) is 12.0 Å². The molecule has 3 aromatic rings. The summed E-state index contributed by atoms with van der Waals surface area (Å²) in [7, 11) is 3.77. The number of hydrogen-bond acceptors (Lipinski definition) is 5. The van der Waals surface area contributed by atoms with Crippen molar-refractivity contribution < 1.29 is 4.74 Å². The highest BCUT2D eigenvalue weighted by Crippen LogP contribution is 2.23. The maximum absolute atomic E-state index is 5.11. The molecule has 0 bridgehead atoms. The fourth-order valence-corrected chi connectivity index (χ4v) is 2.82. The molecule has 5 heteroatoms. The first kappa shape index (κ1) is 18.9. The summed E-state index contributed by atoms with van der Waals surface area (Å²) >= 11 is 0. The molecule has 0 atom stereocenters. The molecule has 140 valence electrons. The molecule has 0 radical (unpaired) electrons. The molecule has 1 N–H and O–H groups in total. The molecular weight excluding hydrogens is 336 g/mol. The van der Waals surface area contributed by atoms with Crippen molar-refractivity contribution in [2.24, 2.45) is 0 Å². The summed E-state index contributed by atoms with van der Waals surface area (Å²) in [5.41, 5.74) is 3.23. The van der Waals surface area contributed by atoms with Gasteiger partial charge in [0.15, 0.2) is 0 Å². The number of ether oxygens (including phenoxy) is 1. The molecule has 2 aromatic carbocycles. The van der Waals surface area contributed by atoms with Crippen molar-refractivity contribution in [2.45, 2.75) is 13.0 Å². The standard InChI is InChI=1S/C22H26N4O/c1-26(17-18-10-5-3-6-11-18)21-16-20(19-12-7-4-8-13-19)24-22(25-21)23-14-9-15-27-2/h3-8,10-13,16H,9,14-15,17H2,1-2H3,(H,23,24,25). The van der Waals surface area contributed by atoms with Crippen LogP contribution in [0.5, 0.6) is 0 Å². The van der Waals surface area contributed by atoms with Crippen LogP contribution in [0.4, 0.5) is 11.8 Å². The van der Waals surface area contributed by atoms with Crippen LogP contribution in [0.3, 0.4) is 0 Å². The van der Waals surface area contributed by atoms with E-state index in [0.717, 1.165) is 36.6 Å². The van der Waals surface area contributed by atoms with E-state index in [9.17, 15) is 0 Å². The van der Waals surface area contributed by atoms with Gasteiger partial charge in [-0.1, -0.05) is 60.7 Å². The largest absolute Gasteiger partial charge is 0.385 e. The number of rotatable bonds is 9. The molecule has 1 heterocycles. The van der Waals surface area contributed by atoms with Crippen LogP contribution in [0.1, 0.15) is 12.0 Å². The van der Waals surface area contributed by atoms with Crippen LogP contribution in [0.2, 0.25) is 0 Å². The lowest BCUT2D eigenvalue weighted by Crippen LogP contribution is -2.19. The van der Waals surface area contributed by atoms with E-state index in [-0.39, 0.29) is 0 Å². The molecule has 0 unspecified atom stereocenters. The van der Waals surface area contributed by atoms with Gasteiger partial charge >= 0.3 is 0 Å². The number of aromatic nitrogens is 2. The van der Waals surface area contributed by atoms with Gasteiger partial charge in [0.25, 0.3) is 0 Å². The molecule has 1 aromatic heterocycles. The van der Waals surface area contributed by atoms with E-state index in [2.05, 4.69) is 53.7 Å². The van der Waals surface area contributed by atoms with Gasteiger partial charge in [-0.15, -0.1) is 0 Å². The zero-order chi connectivity index (χ0) is 18.9. The Morgan fingerprint density at radius 1 is 0.963 bits per heavy atom. The molecular formula is C22H26N4O. The fourth-order valence-electron chi connectivity index (χ4n) is 2.82. The molecule has 0 saturated carbocycles. The number of nitrogens with one attached hydrogen (secondary N) is 1. The van der Waals surface area contributed by atoms with Crippen LogP contribution in [-0.2, 0) is 11.3 Å². The van der Waals surface area contributed by atoms with Gasteiger partial charge in [0, 0.05) is 45.5 Å². The van der Waals surface area contributed by atoms with Gasteiger partial charge < -0.3 is 15.0 Å². The van der Waals surface area contributed by atoms with Crippen molar-refractivity contribution in [3.05, 3.63) is 72.3 Å². The third-order valence-corrected chi connectivity index (χ3v) is 4.24. The summed E-state index contributed by atoms with van der Waals surface area (Å²) in [4.78, 5) is 11.6. The minimum Gasteiger partial charge on any atom is -0.385 e. The van der Waals surface area contributed by atoms with E-state index in [1.807, 2.05) is 30.3 Å². The molecule has 3 rings (SSSR count). The highest BCUT2D eigenvalue weighted by atomic mass is 16.5. The van der Waals surface area contributed by atoms with Crippen LogP contribution in [-0.4, -0.2) is 37.3 Å². The Morgan fingerprint density at radius 3 is 2.37 bits per heavy atom. The van der Waals surface area contributed by atoms with Crippen LogP contribution >= 0.6 is 0 Å². The molecule has 0 fully saturated rings. The third kappa shape index (κ3) is 5.53. The second kappa shape index (κ2) is 9.69. The van der Waals surface area contributed by atoms with Crippen molar-refractivity contribution >= 4 is 11.8 Å². The van der Waals surface area contributed by atoms with E-state index in [1.54, 1.807) is 7.11 Å². The van der Waals surface area contributed by atoms with Gasteiger partial charge in [-0.25, -0.2) is 4.98 Å². The van der Waals surface area contributed by atoms with Crippen LogP contribution < -0.4 is 10.2 Å². The van der Waals surface area contributed by atoms with Crippen molar-refractivity contribution in [3.8, 4) is 11.3 Å². The van der Waals surface area contributed by atoms with Gasteiger partial charge in [0.1, 0.15) is 5.82 Å². The molecule has 0 aliphatic carbocycles. The second-order valence-corrected chi connectivity index (χ2v) is 6.42. The first-order valence-corrected chi connectivity index (χ1v) is 9.18. The topological polar surface area (TPSA) is 50.3 Å². The molecule has 27 heavy (non-hydrogen) atoms. The van der Waals surface area contributed by atoms with E-state index in [0.29, 0.717) is 12.6 Å². The monoisotopic (exact) mass is 362 g/mol. The van der Waals surface area contributed by atoms with Crippen LogP contribution in [0.25, 0.3) is 11.3 Å². The normalized spacial score (nSPS) is 10.6. The summed E-state index contributed by atoms with van der Waals surface area (Å²) in [5, 5.41) is 3.32. The Morgan fingerprint density at radius 2 is 1.67 bits per heavy atom. The van der Waals surface area contributed by atoms with Crippen molar-refractivity contribution in [1.29, 1.82) is 0 Å². The molecule has 0 saturated heterocycles. The van der Waals surface area contributed by atoms with Crippen molar-refractivity contribution in [2.75, 3.05) is 37.5 Å². The molecule has 5 nitrogen and oxygen atoms in total. The Hall–Kier alpha value is -2.92. The summed E-state index contributed by atoms with van der Waals surface area (Å²) in [6, 6.07) is 22.6. The zero-order valence-corrected chi connectivity index (χ0v) is 15.9. The van der Waals surface area contributed by atoms with Crippen LogP contribution in [0, 0.1) is 0 Å². The van der Waals surface area contributed by atoms with E-state index < -0.39 is 0 Å². The minimum absolute atomic E-state index is 0.641. The lowest BCUT2D eigenvalue weighted by atomic mass is 10.1. The lowest BCUT2D eigenvalue weighted by Gasteiger charge is -2.20. The summed E-state index contributed by atoms with van der Waals surface area (Å²) in [5.74, 6) is 1.53. The Bertz CT molecular complexity index is 824. The fraction of sp³-hybridized carbons (Fsp3) is 0.273. The van der Waals surface area contributed by atoms with E-state index >= 15 is 0 Å². The van der Waals surface area contributed by atoms with Gasteiger partial charge in [-0.2, -0.15) is 4.98 Å². The molecule has 0 aliphatic heterocycles. The maximum atomic E-state index is 5.11. The van der Waals surface area contributed by atoms with Crippen molar-refractivity contribution in [3.63, 3.8) is 0 Å².